The summed E-state index contributed by atoms with van der Waals surface area (Å²) in [7, 11) is 0. The van der Waals surface area contributed by atoms with Crippen LogP contribution in [0.1, 0.15) is 54.2 Å². The van der Waals surface area contributed by atoms with E-state index in [1.165, 1.54) is 32.1 Å². The molecular weight excluding hydrogens is 266 g/mol. The van der Waals surface area contributed by atoms with Gasteiger partial charge in [0, 0.05) is 19.0 Å². The van der Waals surface area contributed by atoms with E-state index >= 15 is 0 Å². The van der Waals surface area contributed by atoms with E-state index in [0.717, 1.165) is 29.9 Å². The summed E-state index contributed by atoms with van der Waals surface area (Å²) in [5, 5.41) is 11.5. The molecule has 1 aromatic carbocycles. The molecule has 0 radical (unpaired) electrons. The molecule has 0 atom stereocenters. The first-order valence-electron chi connectivity index (χ1n) is 7.75. The third-order valence-electron chi connectivity index (χ3n) is 4.46. The predicted molar refractivity (Wildman–Crippen MR) is 80.5 cm³/mol. The Bertz CT molecular complexity index is 697. The van der Waals surface area contributed by atoms with Gasteiger partial charge < -0.3 is 10.1 Å². The summed E-state index contributed by atoms with van der Waals surface area (Å²) in [6.07, 6.45) is 6.13. The lowest BCUT2D eigenvalue weighted by atomic mass is 10.1. The van der Waals surface area contributed by atoms with Gasteiger partial charge in [-0.15, -0.1) is 0 Å². The monoisotopic (exact) mass is 285 g/mol. The normalized spacial score (nSPS) is 19.1. The molecule has 1 saturated heterocycles. The van der Waals surface area contributed by atoms with E-state index in [2.05, 4.69) is 9.69 Å². The summed E-state index contributed by atoms with van der Waals surface area (Å²) in [5.74, 6) is 0.777. The Hall–Kier alpha value is -2.04. The lowest BCUT2D eigenvalue weighted by Gasteiger charge is -2.31. The molecule has 5 heteroatoms. The highest BCUT2D eigenvalue weighted by Crippen LogP contribution is 2.41. The number of benzene rings is 1. The van der Waals surface area contributed by atoms with Crippen LogP contribution in [0.2, 0.25) is 0 Å². The number of aromatic carboxylic acids is 1. The van der Waals surface area contributed by atoms with Crippen molar-refractivity contribution in [3.05, 3.63) is 29.6 Å². The van der Waals surface area contributed by atoms with Gasteiger partial charge in [0.05, 0.1) is 16.6 Å². The number of carboxylic acid groups (broad SMARTS) is 1. The third kappa shape index (κ3) is 2.17. The number of nitrogens with zero attached hydrogens (tertiary/aromatic N) is 3. The Morgan fingerprint density at radius 2 is 1.95 bits per heavy atom. The molecule has 2 aromatic rings. The third-order valence-corrected chi connectivity index (χ3v) is 4.46. The number of imidazole rings is 1. The number of carbonyl (C=O) groups is 1. The smallest absolute Gasteiger partial charge is 0.335 e. The molecule has 1 N–H and O–H groups in total. The molecule has 2 aliphatic rings. The van der Waals surface area contributed by atoms with E-state index in [-0.39, 0.29) is 0 Å². The van der Waals surface area contributed by atoms with Gasteiger partial charge in [0.2, 0.25) is 0 Å². The van der Waals surface area contributed by atoms with Crippen LogP contribution < -0.4 is 5.01 Å². The van der Waals surface area contributed by atoms with Crippen LogP contribution in [0.5, 0.6) is 0 Å². The van der Waals surface area contributed by atoms with Crippen molar-refractivity contribution in [2.75, 3.05) is 18.1 Å². The zero-order chi connectivity index (χ0) is 14.4. The van der Waals surface area contributed by atoms with Gasteiger partial charge in [0.25, 0.3) is 0 Å². The zero-order valence-electron chi connectivity index (χ0n) is 12.0. The first kappa shape index (κ1) is 12.7. The molecule has 1 aliphatic heterocycles. The average molecular weight is 285 g/mol. The van der Waals surface area contributed by atoms with E-state index in [1.807, 2.05) is 6.07 Å². The van der Waals surface area contributed by atoms with E-state index in [4.69, 9.17) is 10.1 Å². The van der Waals surface area contributed by atoms with Gasteiger partial charge in [-0.05, 0) is 50.3 Å². The van der Waals surface area contributed by atoms with Crippen molar-refractivity contribution in [3.8, 4) is 0 Å². The van der Waals surface area contributed by atoms with Crippen LogP contribution in [0.25, 0.3) is 11.0 Å². The maximum absolute atomic E-state index is 11.1. The van der Waals surface area contributed by atoms with Crippen molar-refractivity contribution < 1.29 is 9.90 Å². The SMILES string of the molecule is O=C(O)c1ccc2c(c1)nc(C1CC1)n2N1CCCCC1. The van der Waals surface area contributed by atoms with E-state index in [0.29, 0.717) is 11.5 Å². The van der Waals surface area contributed by atoms with Crippen molar-refractivity contribution in [1.29, 1.82) is 0 Å². The number of hydrogen-bond donors (Lipinski definition) is 1. The molecule has 1 aromatic heterocycles. The fraction of sp³-hybridized carbons (Fsp3) is 0.500. The number of carboxylic acids is 1. The molecule has 1 aliphatic carbocycles. The van der Waals surface area contributed by atoms with Crippen molar-refractivity contribution in [3.63, 3.8) is 0 Å². The number of rotatable bonds is 3. The summed E-state index contributed by atoms with van der Waals surface area (Å²) in [5.41, 5.74) is 2.17. The van der Waals surface area contributed by atoms with E-state index in [9.17, 15) is 4.79 Å². The van der Waals surface area contributed by atoms with E-state index < -0.39 is 5.97 Å². The average Bonchev–Trinajstić information content (AvgIpc) is 3.28. The highest BCUT2D eigenvalue weighted by molar-refractivity contribution is 5.92. The fourth-order valence-corrected chi connectivity index (χ4v) is 3.20. The molecule has 2 heterocycles. The lowest BCUT2D eigenvalue weighted by molar-refractivity contribution is 0.0697. The van der Waals surface area contributed by atoms with Crippen molar-refractivity contribution in [2.24, 2.45) is 0 Å². The summed E-state index contributed by atoms with van der Waals surface area (Å²) in [6.45, 7) is 2.12. The highest BCUT2D eigenvalue weighted by atomic mass is 16.4. The predicted octanol–water partition coefficient (Wildman–Crippen LogP) is 2.73. The van der Waals surface area contributed by atoms with Crippen LogP contribution in [0.4, 0.5) is 0 Å². The van der Waals surface area contributed by atoms with Crippen LogP contribution in [0, 0.1) is 0 Å². The Kier molecular flexibility index (Phi) is 2.87. The Labute approximate surface area is 123 Å². The number of aromatic nitrogens is 2. The highest BCUT2D eigenvalue weighted by Gasteiger charge is 2.31. The first-order chi connectivity index (χ1) is 10.2. The summed E-state index contributed by atoms with van der Waals surface area (Å²) >= 11 is 0. The Morgan fingerprint density at radius 1 is 1.19 bits per heavy atom. The second-order valence-electron chi connectivity index (χ2n) is 6.08. The number of piperidine rings is 1. The molecule has 0 bridgehead atoms. The summed E-state index contributed by atoms with van der Waals surface area (Å²) < 4.78 is 2.26. The topological polar surface area (TPSA) is 58.4 Å². The Morgan fingerprint density at radius 3 is 2.62 bits per heavy atom. The standard InChI is InChI=1S/C16H19N3O2/c20-16(21)12-6-7-14-13(10-12)17-15(11-4-5-11)19(14)18-8-2-1-3-9-18/h6-7,10-11H,1-5,8-9H2,(H,20,21). The molecular formula is C16H19N3O2. The molecule has 2 fully saturated rings. The van der Waals surface area contributed by atoms with Gasteiger partial charge in [-0.2, -0.15) is 0 Å². The van der Waals surface area contributed by atoms with Gasteiger partial charge in [0.1, 0.15) is 5.82 Å². The second-order valence-corrected chi connectivity index (χ2v) is 6.08. The first-order valence-corrected chi connectivity index (χ1v) is 7.75. The molecule has 21 heavy (non-hydrogen) atoms. The minimum absolute atomic E-state index is 0.313. The van der Waals surface area contributed by atoms with Crippen LogP contribution in [0.3, 0.4) is 0 Å². The number of hydrogen-bond acceptors (Lipinski definition) is 3. The van der Waals surface area contributed by atoms with Gasteiger partial charge >= 0.3 is 5.97 Å². The molecule has 0 amide bonds. The van der Waals surface area contributed by atoms with Gasteiger partial charge in [0.15, 0.2) is 0 Å². The second kappa shape index (κ2) is 4.76. The van der Waals surface area contributed by atoms with Gasteiger partial charge in [-0.1, -0.05) is 0 Å². The van der Waals surface area contributed by atoms with Crippen molar-refractivity contribution in [2.45, 2.75) is 38.0 Å². The van der Waals surface area contributed by atoms with Crippen LogP contribution >= 0.6 is 0 Å². The minimum atomic E-state index is -0.891. The van der Waals surface area contributed by atoms with Gasteiger partial charge in [-0.25, -0.2) is 14.5 Å². The van der Waals surface area contributed by atoms with Crippen LogP contribution in [-0.2, 0) is 0 Å². The maximum Gasteiger partial charge on any atom is 0.335 e. The van der Waals surface area contributed by atoms with Crippen LogP contribution in [0.15, 0.2) is 18.2 Å². The molecule has 1 saturated carbocycles. The molecule has 0 spiro atoms. The van der Waals surface area contributed by atoms with Crippen molar-refractivity contribution >= 4 is 17.0 Å². The molecule has 110 valence electrons. The van der Waals surface area contributed by atoms with Crippen molar-refractivity contribution in [1.82, 2.24) is 9.66 Å². The van der Waals surface area contributed by atoms with Gasteiger partial charge in [-0.3, -0.25) is 0 Å². The summed E-state index contributed by atoms with van der Waals surface area (Å²) in [4.78, 5) is 15.9. The van der Waals surface area contributed by atoms with Crippen LogP contribution in [-0.4, -0.2) is 33.8 Å². The molecule has 0 unspecified atom stereocenters. The largest absolute Gasteiger partial charge is 0.478 e. The minimum Gasteiger partial charge on any atom is -0.478 e. The fourth-order valence-electron chi connectivity index (χ4n) is 3.20. The Balaban J connectivity index is 1.85. The lowest BCUT2D eigenvalue weighted by Crippen LogP contribution is -2.40. The summed E-state index contributed by atoms with van der Waals surface area (Å²) in [6, 6.07) is 5.29. The maximum atomic E-state index is 11.1. The molecule has 5 nitrogen and oxygen atoms in total. The molecule has 4 rings (SSSR count). The quantitative estimate of drug-likeness (QED) is 0.942. The van der Waals surface area contributed by atoms with E-state index in [1.54, 1.807) is 12.1 Å². The zero-order valence-corrected chi connectivity index (χ0v) is 12.0. The number of fused-ring (bicyclic) bond motifs is 1.